The summed E-state index contributed by atoms with van der Waals surface area (Å²) in [6.07, 6.45) is 3.58. The Bertz CT molecular complexity index is 1130. The van der Waals surface area contributed by atoms with Crippen molar-refractivity contribution >= 4 is 23.6 Å². The lowest BCUT2D eigenvalue weighted by atomic mass is 9.95. The lowest BCUT2D eigenvalue weighted by Gasteiger charge is -2.34. The number of likely N-dealkylation sites (tertiary alicyclic amines) is 1. The van der Waals surface area contributed by atoms with Gasteiger partial charge in [-0.25, -0.2) is 14.2 Å². The van der Waals surface area contributed by atoms with Gasteiger partial charge < -0.3 is 19.6 Å². The van der Waals surface area contributed by atoms with Crippen LogP contribution in [0.5, 0.6) is 11.5 Å². The molecule has 35 heavy (non-hydrogen) atoms. The number of nitrogens with one attached hydrogen (secondary N) is 1. The molecule has 9 nitrogen and oxygen atoms in total. The number of urea groups is 1. The number of amides is 2. The van der Waals surface area contributed by atoms with Crippen LogP contribution in [0.3, 0.4) is 0 Å². The monoisotopic (exact) mass is 484 g/mol. The molecule has 1 aromatic heterocycles. The van der Waals surface area contributed by atoms with Crippen LogP contribution in [0.1, 0.15) is 31.2 Å². The lowest BCUT2D eigenvalue weighted by molar-refractivity contribution is -0.148. The van der Waals surface area contributed by atoms with Crippen molar-refractivity contribution in [2.75, 3.05) is 32.5 Å². The quantitative estimate of drug-likeness (QED) is 0.551. The minimum absolute atomic E-state index is 0.120. The summed E-state index contributed by atoms with van der Waals surface area (Å²) < 4.78 is 20.3. The van der Waals surface area contributed by atoms with Crippen molar-refractivity contribution in [3.05, 3.63) is 47.9 Å². The number of halogens is 1. The standard InChI is InChI=1S/C25H29FN4O5/c1-29-11-6-17(7-12-29)30(2)24(34)28-22-15-19(5-10-27-22)35-18-4-3-16(20(26)14-18)13-21(31)25(8-9-25)23(32)33/h3-5,10,14-15,17H,6-9,11-13H2,1-2H3,(H,32,33)(H,27,28,34). The number of ether oxygens (including phenoxy) is 1. The van der Waals surface area contributed by atoms with Crippen LogP contribution in [0.4, 0.5) is 15.0 Å². The second-order valence-electron chi connectivity index (χ2n) is 9.29. The van der Waals surface area contributed by atoms with E-state index in [2.05, 4.69) is 22.2 Å². The Labute approximate surface area is 202 Å². The molecular weight excluding hydrogens is 455 g/mol. The van der Waals surface area contributed by atoms with Gasteiger partial charge in [-0.2, -0.15) is 0 Å². The number of rotatable bonds is 8. The fourth-order valence-corrected chi connectivity index (χ4v) is 4.24. The first-order valence-corrected chi connectivity index (χ1v) is 11.6. The second-order valence-corrected chi connectivity index (χ2v) is 9.29. The van der Waals surface area contributed by atoms with Gasteiger partial charge in [0, 0.05) is 37.8 Å². The Kier molecular flexibility index (Phi) is 7.02. The zero-order valence-corrected chi connectivity index (χ0v) is 19.8. The molecule has 1 saturated heterocycles. The number of carboxylic acid groups (broad SMARTS) is 1. The van der Waals surface area contributed by atoms with Gasteiger partial charge in [-0.3, -0.25) is 14.9 Å². The van der Waals surface area contributed by atoms with E-state index in [9.17, 15) is 23.9 Å². The number of carbonyl (C=O) groups excluding carboxylic acids is 2. The van der Waals surface area contributed by atoms with E-state index in [1.807, 2.05) is 0 Å². The molecule has 2 aromatic rings. The SMILES string of the molecule is CN1CCC(N(C)C(=O)Nc2cc(Oc3ccc(CC(=O)C4(C(=O)O)CC4)c(F)c3)ccn2)CC1. The second kappa shape index (κ2) is 9.99. The molecule has 10 heteroatoms. The number of ketones is 1. The minimum Gasteiger partial charge on any atom is -0.480 e. The third kappa shape index (κ3) is 5.59. The van der Waals surface area contributed by atoms with E-state index in [-0.39, 0.29) is 29.8 Å². The van der Waals surface area contributed by atoms with E-state index in [1.54, 1.807) is 24.1 Å². The van der Waals surface area contributed by atoms with E-state index in [4.69, 9.17) is 4.74 Å². The molecule has 0 atom stereocenters. The number of anilines is 1. The molecule has 2 fully saturated rings. The van der Waals surface area contributed by atoms with Crippen molar-refractivity contribution in [3.63, 3.8) is 0 Å². The first kappa shape index (κ1) is 24.6. The highest BCUT2D eigenvalue weighted by molar-refractivity contribution is 6.06. The molecule has 2 amide bonds. The van der Waals surface area contributed by atoms with Gasteiger partial charge in [0.05, 0.1) is 0 Å². The molecule has 4 rings (SSSR count). The fraction of sp³-hybridized carbons (Fsp3) is 0.440. The summed E-state index contributed by atoms with van der Waals surface area (Å²) in [5.74, 6) is -1.44. The Morgan fingerprint density at radius 1 is 1.20 bits per heavy atom. The summed E-state index contributed by atoms with van der Waals surface area (Å²) in [6.45, 7) is 1.88. The first-order valence-electron chi connectivity index (χ1n) is 11.6. The molecule has 0 bridgehead atoms. The predicted octanol–water partition coefficient (Wildman–Crippen LogP) is 3.55. The minimum atomic E-state index is -1.36. The van der Waals surface area contributed by atoms with Gasteiger partial charge in [-0.05, 0) is 63.5 Å². The molecule has 1 saturated carbocycles. The molecule has 0 spiro atoms. The number of Topliss-reactive ketones (excluding diaryl/α,β-unsaturated/α-hetero) is 1. The number of nitrogens with zero attached hydrogens (tertiary/aromatic N) is 3. The molecule has 1 aliphatic carbocycles. The highest BCUT2D eigenvalue weighted by Crippen LogP contribution is 2.47. The number of benzene rings is 1. The third-order valence-corrected chi connectivity index (χ3v) is 6.83. The molecule has 2 heterocycles. The summed E-state index contributed by atoms with van der Waals surface area (Å²) in [4.78, 5) is 44.4. The highest BCUT2D eigenvalue weighted by Gasteiger charge is 2.56. The van der Waals surface area contributed by atoms with Crippen molar-refractivity contribution in [1.82, 2.24) is 14.8 Å². The predicted molar refractivity (Wildman–Crippen MR) is 126 cm³/mol. The fourth-order valence-electron chi connectivity index (χ4n) is 4.24. The summed E-state index contributed by atoms with van der Waals surface area (Å²) in [6, 6.07) is 7.09. The Balaban J connectivity index is 1.36. The highest BCUT2D eigenvalue weighted by atomic mass is 19.1. The molecule has 186 valence electrons. The van der Waals surface area contributed by atoms with Gasteiger partial charge in [0.1, 0.15) is 28.5 Å². The van der Waals surface area contributed by atoms with Crippen LogP contribution in [-0.2, 0) is 16.0 Å². The molecule has 1 aliphatic heterocycles. The van der Waals surface area contributed by atoms with E-state index in [0.717, 1.165) is 32.0 Å². The Morgan fingerprint density at radius 3 is 2.51 bits per heavy atom. The summed E-state index contributed by atoms with van der Waals surface area (Å²) in [5, 5.41) is 12.0. The number of aromatic nitrogens is 1. The number of aliphatic carboxylic acids is 1. The van der Waals surface area contributed by atoms with Gasteiger partial charge >= 0.3 is 12.0 Å². The van der Waals surface area contributed by atoms with Gasteiger partial charge in [0.2, 0.25) is 0 Å². The molecule has 0 radical (unpaired) electrons. The summed E-state index contributed by atoms with van der Waals surface area (Å²) >= 11 is 0. The van der Waals surface area contributed by atoms with Crippen molar-refractivity contribution in [3.8, 4) is 11.5 Å². The van der Waals surface area contributed by atoms with E-state index >= 15 is 0 Å². The zero-order valence-electron chi connectivity index (χ0n) is 19.8. The normalized spacial score (nSPS) is 17.5. The van der Waals surface area contributed by atoms with Crippen molar-refractivity contribution in [1.29, 1.82) is 0 Å². The number of carboxylic acids is 1. The zero-order chi connectivity index (χ0) is 25.2. The maximum atomic E-state index is 14.6. The van der Waals surface area contributed by atoms with Crippen LogP contribution >= 0.6 is 0 Å². The largest absolute Gasteiger partial charge is 0.480 e. The molecule has 2 aliphatic rings. The first-order chi connectivity index (χ1) is 16.7. The Morgan fingerprint density at radius 2 is 1.89 bits per heavy atom. The summed E-state index contributed by atoms with van der Waals surface area (Å²) in [7, 11) is 3.83. The Hall–Kier alpha value is -3.53. The molecule has 0 unspecified atom stereocenters. The lowest BCUT2D eigenvalue weighted by Crippen LogP contribution is -2.46. The maximum Gasteiger partial charge on any atom is 0.323 e. The number of carbonyl (C=O) groups is 3. The topological polar surface area (TPSA) is 112 Å². The van der Waals surface area contributed by atoms with Gasteiger partial charge in [0.15, 0.2) is 5.78 Å². The van der Waals surface area contributed by atoms with E-state index < -0.39 is 23.0 Å². The van der Waals surface area contributed by atoms with Crippen LogP contribution < -0.4 is 10.1 Å². The molecule has 1 aromatic carbocycles. The third-order valence-electron chi connectivity index (χ3n) is 6.83. The maximum absolute atomic E-state index is 14.6. The average Bonchev–Trinajstić information content (AvgIpc) is 3.64. The van der Waals surface area contributed by atoms with Crippen LogP contribution in [0.25, 0.3) is 0 Å². The van der Waals surface area contributed by atoms with Crippen molar-refractivity contribution in [2.24, 2.45) is 5.41 Å². The van der Waals surface area contributed by atoms with Crippen molar-refractivity contribution in [2.45, 2.75) is 38.1 Å². The number of hydrogen-bond acceptors (Lipinski definition) is 6. The smallest absolute Gasteiger partial charge is 0.323 e. The number of pyridine rings is 1. The molecular formula is C25H29FN4O5. The number of piperidine rings is 1. The van der Waals surface area contributed by atoms with Gasteiger partial charge in [-0.1, -0.05) is 6.07 Å². The van der Waals surface area contributed by atoms with E-state index in [0.29, 0.717) is 24.4 Å². The van der Waals surface area contributed by atoms with Gasteiger partial charge in [-0.15, -0.1) is 0 Å². The van der Waals surface area contributed by atoms with Crippen molar-refractivity contribution < 1.29 is 28.6 Å². The van der Waals surface area contributed by atoms with Crippen LogP contribution in [0.2, 0.25) is 0 Å². The van der Waals surface area contributed by atoms with Crippen LogP contribution in [0.15, 0.2) is 36.5 Å². The van der Waals surface area contributed by atoms with E-state index in [1.165, 1.54) is 18.3 Å². The van der Waals surface area contributed by atoms with Crippen LogP contribution in [0, 0.1) is 11.2 Å². The number of hydrogen-bond donors (Lipinski definition) is 2. The molecule has 2 N–H and O–H groups in total. The van der Waals surface area contributed by atoms with Crippen LogP contribution in [-0.4, -0.2) is 70.9 Å². The summed E-state index contributed by atoms with van der Waals surface area (Å²) in [5.41, 5.74) is -1.24. The average molecular weight is 485 g/mol. The van der Waals surface area contributed by atoms with Gasteiger partial charge in [0.25, 0.3) is 0 Å².